The van der Waals surface area contributed by atoms with Gasteiger partial charge in [-0.3, -0.25) is 14.6 Å². The fraction of sp³-hybridized carbons (Fsp3) is 0.611. The Hall–Kier alpha value is -1.43. The van der Waals surface area contributed by atoms with Crippen molar-refractivity contribution in [3.8, 4) is 0 Å². The zero-order valence-corrected chi connectivity index (χ0v) is 14.3. The van der Waals surface area contributed by atoms with Crippen LogP contribution >= 0.6 is 0 Å². The third kappa shape index (κ3) is 4.31. The minimum atomic E-state index is 0.0919. The van der Waals surface area contributed by atoms with Crippen LogP contribution in [0.4, 0.5) is 5.69 Å². The molecule has 2 heterocycles. The highest BCUT2D eigenvalue weighted by atomic mass is 16.2. The molecule has 1 aromatic rings. The summed E-state index contributed by atoms with van der Waals surface area (Å²) in [5.74, 6) is 0.0919. The quantitative estimate of drug-likeness (QED) is 0.877. The molecule has 1 amide bonds. The zero-order chi connectivity index (χ0) is 16.2. The summed E-state index contributed by atoms with van der Waals surface area (Å²) >= 11 is 0. The lowest BCUT2D eigenvalue weighted by molar-refractivity contribution is -0.117. The summed E-state index contributed by atoms with van der Waals surface area (Å²) in [6, 6.07) is 6.70. The fourth-order valence-corrected chi connectivity index (χ4v) is 3.52. The molecule has 2 saturated heterocycles. The number of nitrogens with zero attached hydrogens (tertiary/aromatic N) is 2. The predicted molar refractivity (Wildman–Crippen MR) is 93.8 cm³/mol. The number of piperazine rings is 1. The summed E-state index contributed by atoms with van der Waals surface area (Å²) in [7, 11) is 0. The maximum absolute atomic E-state index is 12.3. The van der Waals surface area contributed by atoms with Gasteiger partial charge in [-0.05, 0) is 43.5 Å². The number of hydrogen-bond donors (Lipinski definition) is 2. The standard InChI is InChI=1S/C18H28N4O/c1-14-3-4-16(11-15(14)2)20-18(23)13-21-8-5-17(12-21)22-9-6-19-7-10-22/h3-4,11,17,19H,5-10,12-13H2,1-2H3,(H,20,23). The summed E-state index contributed by atoms with van der Waals surface area (Å²) < 4.78 is 0. The molecule has 2 aliphatic rings. The van der Waals surface area contributed by atoms with E-state index in [0.29, 0.717) is 12.6 Å². The first-order valence-corrected chi connectivity index (χ1v) is 8.66. The van der Waals surface area contributed by atoms with E-state index in [9.17, 15) is 4.79 Å². The first-order valence-electron chi connectivity index (χ1n) is 8.66. The van der Waals surface area contributed by atoms with Crippen LogP contribution in [0.5, 0.6) is 0 Å². The molecule has 1 atom stereocenters. The second-order valence-electron chi connectivity index (χ2n) is 6.81. The number of amides is 1. The monoisotopic (exact) mass is 316 g/mol. The van der Waals surface area contributed by atoms with Gasteiger partial charge < -0.3 is 10.6 Å². The summed E-state index contributed by atoms with van der Waals surface area (Å²) in [6.45, 7) is 11.1. The number of anilines is 1. The molecule has 2 N–H and O–H groups in total. The second-order valence-corrected chi connectivity index (χ2v) is 6.81. The van der Waals surface area contributed by atoms with Gasteiger partial charge in [0, 0.05) is 51.0 Å². The Morgan fingerprint density at radius 1 is 1.22 bits per heavy atom. The number of nitrogens with one attached hydrogen (secondary N) is 2. The van der Waals surface area contributed by atoms with Gasteiger partial charge in [0.1, 0.15) is 0 Å². The number of carbonyl (C=O) groups excluding carboxylic acids is 1. The molecule has 0 aromatic heterocycles. The van der Waals surface area contributed by atoms with Crippen molar-refractivity contribution in [1.82, 2.24) is 15.1 Å². The van der Waals surface area contributed by atoms with Crippen molar-refractivity contribution in [1.29, 1.82) is 0 Å². The largest absolute Gasteiger partial charge is 0.325 e. The Morgan fingerprint density at radius 3 is 2.74 bits per heavy atom. The van der Waals surface area contributed by atoms with Crippen LogP contribution in [0.2, 0.25) is 0 Å². The SMILES string of the molecule is Cc1ccc(NC(=O)CN2CCC(N3CCNCC3)C2)cc1C. The molecule has 0 spiro atoms. The van der Waals surface area contributed by atoms with E-state index in [1.165, 1.54) is 17.5 Å². The van der Waals surface area contributed by atoms with Crippen LogP contribution in [-0.2, 0) is 4.79 Å². The smallest absolute Gasteiger partial charge is 0.238 e. The predicted octanol–water partition coefficient (Wildman–Crippen LogP) is 1.22. The molecule has 0 radical (unpaired) electrons. The van der Waals surface area contributed by atoms with E-state index in [1.54, 1.807) is 0 Å². The number of hydrogen-bond acceptors (Lipinski definition) is 4. The normalized spacial score (nSPS) is 23.1. The van der Waals surface area contributed by atoms with Crippen molar-refractivity contribution in [2.75, 3.05) is 51.1 Å². The molecule has 0 aliphatic carbocycles. The number of aryl methyl sites for hydroxylation is 2. The number of likely N-dealkylation sites (tertiary alicyclic amines) is 1. The van der Waals surface area contributed by atoms with Crippen LogP contribution in [-0.4, -0.2) is 67.6 Å². The lowest BCUT2D eigenvalue weighted by atomic mass is 10.1. The van der Waals surface area contributed by atoms with E-state index < -0.39 is 0 Å². The summed E-state index contributed by atoms with van der Waals surface area (Å²) in [5.41, 5.74) is 3.36. The Morgan fingerprint density at radius 2 is 2.00 bits per heavy atom. The molecule has 5 heteroatoms. The number of benzene rings is 1. The summed E-state index contributed by atoms with van der Waals surface area (Å²) in [5, 5.41) is 6.42. The second kappa shape index (κ2) is 7.43. The third-order valence-electron chi connectivity index (χ3n) is 5.07. The van der Waals surface area contributed by atoms with Crippen molar-refractivity contribution in [2.45, 2.75) is 26.3 Å². The molecule has 23 heavy (non-hydrogen) atoms. The Labute approximate surface area is 139 Å². The van der Waals surface area contributed by atoms with Crippen LogP contribution in [0.3, 0.4) is 0 Å². The molecule has 126 valence electrons. The van der Waals surface area contributed by atoms with Crippen molar-refractivity contribution < 1.29 is 4.79 Å². The maximum atomic E-state index is 12.3. The van der Waals surface area contributed by atoms with Gasteiger partial charge in [-0.1, -0.05) is 6.07 Å². The first kappa shape index (κ1) is 16.4. The summed E-state index contributed by atoms with van der Waals surface area (Å²) in [4.78, 5) is 17.1. The Bertz CT molecular complexity index is 554. The lowest BCUT2D eigenvalue weighted by Gasteiger charge is -2.32. The van der Waals surface area contributed by atoms with Crippen LogP contribution in [0, 0.1) is 13.8 Å². The number of rotatable bonds is 4. The van der Waals surface area contributed by atoms with Gasteiger partial charge >= 0.3 is 0 Å². The minimum absolute atomic E-state index is 0.0919. The number of carbonyl (C=O) groups is 1. The Balaban J connectivity index is 1.47. The highest BCUT2D eigenvalue weighted by Gasteiger charge is 2.29. The molecular weight excluding hydrogens is 288 g/mol. The molecule has 1 unspecified atom stereocenters. The van der Waals surface area contributed by atoms with Crippen LogP contribution < -0.4 is 10.6 Å². The highest BCUT2D eigenvalue weighted by Crippen LogP contribution is 2.17. The average Bonchev–Trinajstić information content (AvgIpc) is 3.00. The molecule has 5 nitrogen and oxygen atoms in total. The topological polar surface area (TPSA) is 47.6 Å². The Kier molecular flexibility index (Phi) is 5.30. The van der Waals surface area contributed by atoms with E-state index >= 15 is 0 Å². The van der Waals surface area contributed by atoms with Gasteiger partial charge in [-0.2, -0.15) is 0 Å². The molecule has 0 bridgehead atoms. The lowest BCUT2D eigenvalue weighted by Crippen LogP contribution is -2.49. The zero-order valence-electron chi connectivity index (χ0n) is 14.3. The van der Waals surface area contributed by atoms with E-state index in [-0.39, 0.29) is 5.91 Å². The summed E-state index contributed by atoms with van der Waals surface area (Å²) in [6.07, 6.45) is 1.18. The van der Waals surface area contributed by atoms with Gasteiger partial charge in [-0.15, -0.1) is 0 Å². The van der Waals surface area contributed by atoms with Gasteiger partial charge in [0.25, 0.3) is 0 Å². The van der Waals surface area contributed by atoms with Crippen molar-refractivity contribution in [2.24, 2.45) is 0 Å². The van der Waals surface area contributed by atoms with E-state index in [2.05, 4.69) is 40.3 Å². The molecule has 2 fully saturated rings. The molecule has 2 aliphatic heterocycles. The molecule has 3 rings (SSSR count). The van der Waals surface area contributed by atoms with Crippen molar-refractivity contribution >= 4 is 11.6 Å². The first-order chi connectivity index (χ1) is 11.1. The molecular formula is C18H28N4O. The van der Waals surface area contributed by atoms with Gasteiger partial charge in [0.05, 0.1) is 6.54 Å². The molecule has 1 aromatic carbocycles. The van der Waals surface area contributed by atoms with E-state index in [4.69, 9.17) is 0 Å². The van der Waals surface area contributed by atoms with Crippen molar-refractivity contribution in [3.05, 3.63) is 29.3 Å². The molecule has 0 saturated carbocycles. The highest BCUT2D eigenvalue weighted by molar-refractivity contribution is 5.92. The van der Waals surface area contributed by atoms with Gasteiger partial charge in [0.15, 0.2) is 0 Å². The van der Waals surface area contributed by atoms with Crippen LogP contribution in [0.1, 0.15) is 17.5 Å². The third-order valence-corrected chi connectivity index (χ3v) is 5.07. The van der Waals surface area contributed by atoms with Gasteiger partial charge in [-0.25, -0.2) is 0 Å². The minimum Gasteiger partial charge on any atom is -0.325 e. The van der Waals surface area contributed by atoms with E-state index in [0.717, 1.165) is 45.0 Å². The maximum Gasteiger partial charge on any atom is 0.238 e. The van der Waals surface area contributed by atoms with Crippen LogP contribution in [0.25, 0.3) is 0 Å². The van der Waals surface area contributed by atoms with E-state index in [1.807, 2.05) is 12.1 Å². The average molecular weight is 316 g/mol. The fourth-order valence-electron chi connectivity index (χ4n) is 3.52. The van der Waals surface area contributed by atoms with Crippen molar-refractivity contribution in [3.63, 3.8) is 0 Å². The van der Waals surface area contributed by atoms with Gasteiger partial charge in [0.2, 0.25) is 5.91 Å². The van der Waals surface area contributed by atoms with Crippen LogP contribution in [0.15, 0.2) is 18.2 Å².